The first-order valence-electron chi connectivity index (χ1n) is 14.1. The molecule has 2 aliphatic carbocycles. The maximum atomic E-state index is 13.6. The van der Waals surface area contributed by atoms with Gasteiger partial charge in [0.15, 0.2) is 5.78 Å². The van der Waals surface area contributed by atoms with E-state index in [1.807, 2.05) is 6.08 Å². The summed E-state index contributed by atoms with van der Waals surface area (Å²) in [5.41, 5.74) is 0. The summed E-state index contributed by atoms with van der Waals surface area (Å²) in [4.78, 5) is 25.4. The number of Topliss-reactive ketones (excluding diaryl/α,β-unsaturated/α-hetero) is 1. The van der Waals surface area contributed by atoms with E-state index in [2.05, 4.69) is 56.5 Å². The minimum atomic E-state index is -2.26. The van der Waals surface area contributed by atoms with E-state index in [-0.39, 0.29) is 35.6 Å². The predicted octanol–water partition coefficient (Wildman–Crippen LogP) is 4.97. The predicted molar refractivity (Wildman–Crippen MR) is 158 cm³/mol. The number of ether oxygens (including phenoxy) is 1. The third-order valence-corrected chi connectivity index (χ3v) is 13.6. The number of hydrogen-bond acceptors (Lipinski definition) is 8. The monoisotopic (exact) mass is 580 g/mol. The Balaban J connectivity index is 2.38. The van der Waals surface area contributed by atoms with Gasteiger partial charge in [-0.2, -0.15) is 0 Å². The lowest BCUT2D eigenvalue weighted by Gasteiger charge is -2.39. The van der Waals surface area contributed by atoms with E-state index in [9.17, 15) is 24.9 Å². The molecule has 2 rings (SSSR count). The van der Waals surface area contributed by atoms with E-state index in [0.29, 0.717) is 23.7 Å². The van der Waals surface area contributed by atoms with Crippen LogP contribution in [0.5, 0.6) is 0 Å². The first-order valence-corrected chi connectivity index (χ1v) is 18.0. The molecule has 0 bridgehead atoms. The molecule has 1 fully saturated rings. The summed E-state index contributed by atoms with van der Waals surface area (Å²) in [6, 6.07) is 0. The van der Waals surface area contributed by atoms with Gasteiger partial charge in [-0.1, -0.05) is 58.5 Å². The van der Waals surface area contributed by atoms with E-state index >= 15 is 0 Å². The van der Waals surface area contributed by atoms with Crippen molar-refractivity contribution < 1.29 is 34.1 Å². The van der Waals surface area contributed by atoms with Crippen molar-refractivity contribution in [3.05, 3.63) is 22.8 Å². The minimum absolute atomic E-state index is 0.0534. The Kier molecular flexibility index (Phi) is 13.3. The van der Waals surface area contributed by atoms with E-state index in [1.165, 1.54) is 44.6 Å². The van der Waals surface area contributed by atoms with Gasteiger partial charge in [-0.25, -0.2) is 0 Å². The summed E-state index contributed by atoms with van der Waals surface area (Å²) in [5, 5.41) is 30.3. The number of thioether (sulfide) groups is 1. The zero-order valence-corrected chi connectivity index (χ0v) is 26.3. The lowest BCUT2D eigenvalue weighted by molar-refractivity contribution is -0.140. The van der Waals surface area contributed by atoms with Gasteiger partial charge in [0.1, 0.15) is 6.10 Å². The molecule has 4 unspecified atom stereocenters. The van der Waals surface area contributed by atoms with Crippen LogP contribution in [-0.4, -0.2) is 67.1 Å². The van der Waals surface area contributed by atoms with Crippen molar-refractivity contribution >= 4 is 31.8 Å². The van der Waals surface area contributed by atoms with Gasteiger partial charge in [-0.05, 0) is 43.0 Å². The highest BCUT2D eigenvalue weighted by molar-refractivity contribution is 8.04. The molecule has 220 valence electrons. The fourth-order valence-corrected chi connectivity index (χ4v) is 6.66. The highest BCUT2D eigenvalue weighted by Crippen LogP contribution is 2.45. The van der Waals surface area contributed by atoms with E-state index in [0.717, 1.165) is 12.2 Å². The largest absolute Gasteiger partial charge is 0.546 e. The molecule has 0 aliphatic heterocycles. The van der Waals surface area contributed by atoms with Crippen molar-refractivity contribution in [2.24, 2.45) is 17.8 Å². The van der Waals surface area contributed by atoms with Crippen LogP contribution in [0.4, 0.5) is 0 Å². The number of aliphatic hydroxyl groups is 3. The van der Waals surface area contributed by atoms with Crippen LogP contribution in [0, 0.1) is 29.6 Å². The molecule has 0 saturated heterocycles. The number of ketones is 1. The fraction of sp³-hybridized carbons (Fsp3) is 0.733. The average molecular weight is 581 g/mol. The number of rotatable bonds is 13. The van der Waals surface area contributed by atoms with Crippen molar-refractivity contribution in [3.8, 4) is 11.8 Å². The van der Waals surface area contributed by atoms with Crippen molar-refractivity contribution in [1.29, 1.82) is 0 Å². The van der Waals surface area contributed by atoms with Crippen LogP contribution in [0.25, 0.3) is 0 Å². The number of allylic oxidation sites excluding steroid dienone is 3. The van der Waals surface area contributed by atoms with Gasteiger partial charge in [0.25, 0.3) is 0 Å². The summed E-state index contributed by atoms with van der Waals surface area (Å²) in [6.07, 6.45) is 8.72. The Morgan fingerprint density at radius 3 is 2.51 bits per heavy atom. The molecule has 0 aromatic heterocycles. The second-order valence-electron chi connectivity index (χ2n) is 12.1. The third-order valence-electron chi connectivity index (χ3n) is 8.04. The van der Waals surface area contributed by atoms with Crippen molar-refractivity contribution in [3.63, 3.8) is 0 Å². The van der Waals surface area contributed by atoms with Crippen LogP contribution < -0.4 is 0 Å². The van der Waals surface area contributed by atoms with E-state index in [4.69, 9.17) is 4.43 Å². The first-order chi connectivity index (χ1) is 18.3. The highest BCUT2D eigenvalue weighted by atomic mass is 32.2. The third kappa shape index (κ3) is 10.1. The summed E-state index contributed by atoms with van der Waals surface area (Å²) >= 11 is 1.19. The van der Waals surface area contributed by atoms with Crippen molar-refractivity contribution in [2.75, 3.05) is 19.5 Å². The molecule has 0 heterocycles. The van der Waals surface area contributed by atoms with Crippen LogP contribution in [0.3, 0.4) is 0 Å². The molecule has 0 aromatic rings. The Hall–Kier alpha value is -1.57. The van der Waals surface area contributed by atoms with Gasteiger partial charge in [-0.15, -0.1) is 17.7 Å². The average Bonchev–Trinajstić information content (AvgIpc) is 3.51. The zero-order chi connectivity index (χ0) is 29.2. The van der Waals surface area contributed by atoms with Crippen LogP contribution in [0.1, 0.15) is 72.1 Å². The van der Waals surface area contributed by atoms with E-state index < -0.39 is 32.4 Å². The molecule has 0 aromatic carbocycles. The molecule has 0 amide bonds. The Bertz CT molecular complexity index is 951. The highest BCUT2D eigenvalue weighted by Gasteiger charge is 2.46. The number of carbonyl (C=O) groups is 2. The van der Waals surface area contributed by atoms with Crippen LogP contribution in [-0.2, 0) is 18.8 Å². The number of unbranched alkanes of at least 4 members (excludes halogenated alkanes) is 1. The molecule has 3 N–H and O–H groups in total. The summed E-state index contributed by atoms with van der Waals surface area (Å²) < 4.78 is 11.5. The minimum Gasteiger partial charge on any atom is -0.546 e. The molecule has 0 radical (unpaired) electrons. The Morgan fingerprint density at radius 1 is 1.26 bits per heavy atom. The maximum Gasteiger partial charge on any atom is 0.305 e. The molecular weight excluding hydrogens is 532 g/mol. The Labute approximate surface area is 239 Å². The van der Waals surface area contributed by atoms with Gasteiger partial charge in [0.2, 0.25) is 8.32 Å². The maximum absolute atomic E-state index is 13.6. The number of esters is 1. The Morgan fingerprint density at radius 2 is 1.92 bits per heavy atom. The normalized spacial score (nSPS) is 22.2. The molecule has 9 heteroatoms. The molecule has 0 spiro atoms. The van der Waals surface area contributed by atoms with Gasteiger partial charge < -0.3 is 24.5 Å². The second-order valence-corrected chi connectivity index (χ2v) is 17.9. The van der Waals surface area contributed by atoms with Gasteiger partial charge in [0.05, 0.1) is 31.5 Å². The number of methoxy groups -OCH3 is 1. The lowest BCUT2D eigenvalue weighted by Crippen LogP contribution is -2.42. The smallest absolute Gasteiger partial charge is 0.305 e. The fourth-order valence-electron chi connectivity index (χ4n) is 4.55. The number of aliphatic hydroxyl groups excluding tert-OH is 3. The van der Waals surface area contributed by atoms with E-state index in [1.54, 1.807) is 0 Å². The molecule has 7 nitrogen and oxygen atoms in total. The molecule has 4 atom stereocenters. The van der Waals surface area contributed by atoms with Crippen LogP contribution in [0.15, 0.2) is 22.8 Å². The quantitative estimate of drug-likeness (QED) is 0.0921. The van der Waals surface area contributed by atoms with Gasteiger partial charge >= 0.3 is 5.97 Å². The standard InChI is InChI=1S/C30H48O7SSi/c1-30(2,3)39(5,6)37-25(17-16-21-12-10-11-13-21)23-18-26(38-20-22(32)19-31)29(35)28(23)24(33)14-8-7-9-15-27(34)36-4/h17-18,21-24,28,31-33H,7,9-13,15-16,19-20H2,1-6H3/b25-17+. The topological polar surface area (TPSA) is 113 Å². The van der Waals surface area contributed by atoms with Crippen molar-refractivity contribution in [2.45, 2.75) is 102 Å². The van der Waals surface area contributed by atoms with Crippen molar-refractivity contribution in [1.82, 2.24) is 0 Å². The second kappa shape index (κ2) is 15.4. The lowest BCUT2D eigenvalue weighted by atomic mass is 9.87. The SMILES string of the molecule is COC(=O)CCCC#CC(O)C1C(=O)C(SCC(O)CO)=CC1/C(=C\CC1CCCC1)O[Si](C)(C)C(C)(C)C. The molecule has 2 aliphatic rings. The zero-order valence-electron chi connectivity index (χ0n) is 24.5. The summed E-state index contributed by atoms with van der Waals surface area (Å²) in [7, 11) is -0.921. The molecular formula is C30H48O7SSi. The van der Waals surface area contributed by atoms with Crippen LogP contribution in [0.2, 0.25) is 18.1 Å². The summed E-state index contributed by atoms with van der Waals surface area (Å²) in [6.45, 7) is 10.5. The van der Waals surface area contributed by atoms with Gasteiger partial charge in [-0.3, -0.25) is 9.59 Å². The number of hydrogen-bond donors (Lipinski definition) is 3. The first kappa shape index (κ1) is 33.6. The summed E-state index contributed by atoms with van der Waals surface area (Å²) in [5.74, 6) is 5.45. The number of carbonyl (C=O) groups excluding carboxylic acids is 2. The van der Waals surface area contributed by atoms with Crippen LogP contribution >= 0.6 is 11.8 Å². The molecule has 39 heavy (non-hydrogen) atoms. The van der Waals surface area contributed by atoms with Gasteiger partial charge in [0, 0.05) is 29.4 Å². The molecule has 1 saturated carbocycles.